The Morgan fingerprint density at radius 3 is 2.69 bits per heavy atom. The second-order valence-corrected chi connectivity index (χ2v) is 8.30. The molecule has 146 valence electrons. The van der Waals surface area contributed by atoms with Gasteiger partial charge in [0, 0.05) is 6.42 Å². The summed E-state index contributed by atoms with van der Waals surface area (Å²) in [5.74, 6) is 0.188. The molecule has 29 heavy (non-hydrogen) atoms. The minimum atomic E-state index is -0.317. The predicted molar refractivity (Wildman–Crippen MR) is 111 cm³/mol. The Bertz CT molecular complexity index is 1340. The zero-order valence-corrected chi connectivity index (χ0v) is 16.8. The summed E-state index contributed by atoms with van der Waals surface area (Å²) in [5.41, 5.74) is 3.42. The Kier molecular flexibility index (Phi) is 4.16. The van der Waals surface area contributed by atoms with Gasteiger partial charge < -0.3 is 4.74 Å². The lowest BCUT2D eigenvalue weighted by molar-refractivity contribution is -0.137. The van der Waals surface area contributed by atoms with Crippen molar-refractivity contribution in [3.8, 4) is 5.69 Å². The van der Waals surface area contributed by atoms with Crippen LogP contribution in [0.25, 0.3) is 22.4 Å². The molecule has 1 atom stereocenters. The van der Waals surface area contributed by atoms with Gasteiger partial charge in [0.05, 0.1) is 23.2 Å². The van der Waals surface area contributed by atoms with E-state index in [0.29, 0.717) is 34.9 Å². The molecule has 1 fully saturated rings. The first-order chi connectivity index (χ1) is 14.0. The third-order valence-corrected chi connectivity index (χ3v) is 6.31. The van der Waals surface area contributed by atoms with Crippen molar-refractivity contribution in [1.82, 2.24) is 19.2 Å². The summed E-state index contributed by atoms with van der Waals surface area (Å²) in [6.07, 6.45) is 0.632. The molecule has 4 aromatic rings. The zero-order chi connectivity index (χ0) is 20.1. The highest BCUT2D eigenvalue weighted by molar-refractivity contribution is 8.00. The van der Waals surface area contributed by atoms with E-state index in [1.807, 2.05) is 54.6 Å². The van der Waals surface area contributed by atoms with Gasteiger partial charge in [0.15, 0.2) is 5.16 Å². The first kappa shape index (κ1) is 17.9. The molecule has 1 aliphatic rings. The first-order valence-corrected chi connectivity index (χ1v) is 10.2. The van der Waals surface area contributed by atoms with Crippen molar-refractivity contribution in [1.29, 1.82) is 0 Å². The van der Waals surface area contributed by atoms with Crippen LogP contribution in [0.15, 0.2) is 52.4 Å². The van der Waals surface area contributed by atoms with Crippen LogP contribution in [-0.4, -0.2) is 37.0 Å². The first-order valence-electron chi connectivity index (χ1n) is 9.34. The summed E-state index contributed by atoms with van der Waals surface area (Å²) in [4.78, 5) is 25.4. The molecular weight excluding hydrogens is 388 g/mol. The Labute approximate surface area is 170 Å². The van der Waals surface area contributed by atoms with Gasteiger partial charge in [-0.05, 0) is 37.6 Å². The molecule has 0 amide bonds. The van der Waals surface area contributed by atoms with E-state index in [2.05, 4.69) is 10.2 Å². The van der Waals surface area contributed by atoms with E-state index in [-0.39, 0.29) is 16.8 Å². The fourth-order valence-corrected chi connectivity index (χ4v) is 4.75. The van der Waals surface area contributed by atoms with Crippen LogP contribution in [0.1, 0.15) is 17.5 Å². The third kappa shape index (κ3) is 2.82. The normalized spacial score (nSPS) is 16.6. The Morgan fingerprint density at radius 2 is 1.93 bits per heavy atom. The van der Waals surface area contributed by atoms with Crippen LogP contribution in [0.5, 0.6) is 0 Å². The average molecular weight is 406 g/mol. The molecule has 5 rings (SSSR count). The fraction of sp³-hybridized carbons (Fsp3) is 0.238. The van der Waals surface area contributed by atoms with Crippen LogP contribution in [0, 0.1) is 13.8 Å². The summed E-state index contributed by atoms with van der Waals surface area (Å²) in [7, 11) is 0. The van der Waals surface area contributed by atoms with Crippen molar-refractivity contribution in [2.75, 3.05) is 6.61 Å². The van der Waals surface area contributed by atoms with Gasteiger partial charge in [-0.2, -0.15) is 0 Å². The number of hydrogen-bond donors (Lipinski definition) is 0. The molecule has 8 heteroatoms. The van der Waals surface area contributed by atoms with Crippen LogP contribution in [0.4, 0.5) is 0 Å². The van der Waals surface area contributed by atoms with E-state index in [1.165, 1.54) is 11.8 Å². The maximum Gasteiger partial charge on any atom is 0.319 e. The topological polar surface area (TPSA) is 78.5 Å². The van der Waals surface area contributed by atoms with E-state index in [4.69, 9.17) is 4.74 Å². The molecular formula is C21H18N4O3S. The number of aromatic nitrogens is 4. The second-order valence-electron chi connectivity index (χ2n) is 7.13. The van der Waals surface area contributed by atoms with Gasteiger partial charge in [0.1, 0.15) is 5.25 Å². The van der Waals surface area contributed by atoms with Crippen LogP contribution in [-0.2, 0) is 9.53 Å². The molecule has 2 aromatic carbocycles. The molecule has 0 N–H and O–H groups in total. The molecule has 0 bridgehead atoms. The molecule has 1 aliphatic heterocycles. The molecule has 7 nitrogen and oxygen atoms in total. The van der Waals surface area contributed by atoms with Gasteiger partial charge in [0.25, 0.3) is 5.56 Å². The highest BCUT2D eigenvalue weighted by atomic mass is 32.2. The second kappa shape index (κ2) is 6.73. The van der Waals surface area contributed by atoms with Crippen molar-refractivity contribution in [2.45, 2.75) is 30.7 Å². The van der Waals surface area contributed by atoms with Crippen LogP contribution in [0.3, 0.4) is 0 Å². The van der Waals surface area contributed by atoms with Gasteiger partial charge in [-0.1, -0.05) is 41.6 Å². The van der Waals surface area contributed by atoms with Gasteiger partial charge >= 0.3 is 5.97 Å². The van der Waals surface area contributed by atoms with Crippen LogP contribution in [0.2, 0.25) is 0 Å². The molecule has 0 unspecified atom stereocenters. The van der Waals surface area contributed by atoms with E-state index in [0.717, 1.165) is 16.8 Å². The molecule has 0 radical (unpaired) electrons. The number of fused-ring (bicyclic) bond motifs is 3. The summed E-state index contributed by atoms with van der Waals surface area (Å²) < 4.78 is 8.53. The number of hydrogen-bond acceptors (Lipinski definition) is 6. The van der Waals surface area contributed by atoms with Crippen molar-refractivity contribution in [3.63, 3.8) is 0 Å². The standard InChI is InChI=1S/C21H18N4O3S/c1-12-7-8-15(13(2)11-12)24-18(26)14-5-3-4-6-16(14)25-20(24)22-23-21(25)29-17-9-10-28-19(17)27/h3-8,11,17H,9-10H2,1-2H3/t17-/m0/s1. The van der Waals surface area contributed by atoms with Gasteiger partial charge in [-0.25, -0.2) is 4.57 Å². The highest BCUT2D eigenvalue weighted by Crippen LogP contribution is 2.30. The lowest BCUT2D eigenvalue weighted by atomic mass is 10.1. The molecule has 2 aromatic heterocycles. The Balaban J connectivity index is 1.82. The lowest BCUT2D eigenvalue weighted by Crippen LogP contribution is -2.22. The number of cyclic esters (lactones) is 1. The number of benzene rings is 2. The van der Waals surface area contributed by atoms with E-state index < -0.39 is 0 Å². The quantitative estimate of drug-likeness (QED) is 0.487. The molecule has 1 saturated heterocycles. The summed E-state index contributed by atoms with van der Waals surface area (Å²) in [5, 5.41) is 9.48. The molecule has 0 spiro atoms. The smallest absolute Gasteiger partial charge is 0.319 e. The number of esters is 1. The third-order valence-electron chi connectivity index (χ3n) is 5.12. The minimum Gasteiger partial charge on any atom is -0.465 e. The minimum absolute atomic E-state index is 0.149. The zero-order valence-electron chi connectivity index (χ0n) is 16.0. The summed E-state index contributed by atoms with van der Waals surface area (Å²) in [6.45, 7) is 4.41. The summed E-state index contributed by atoms with van der Waals surface area (Å²) >= 11 is 1.33. The maximum atomic E-state index is 13.4. The monoisotopic (exact) mass is 406 g/mol. The number of carbonyl (C=O) groups is 1. The maximum absolute atomic E-state index is 13.4. The number of para-hydroxylation sites is 1. The van der Waals surface area contributed by atoms with Crippen molar-refractivity contribution < 1.29 is 9.53 Å². The van der Waals surface area contributed by atoms with Crippen LogP contribution >= 0.6 is 11.8 Å². The Hall–Kier alpha value is -3.13. The van der Waals surface area contributed by atoms with E-state index in [9.17, 15) is 9.59 Å². The highest BCUT2D eigenvalue weighted by Gasteiger charge is 2.30. The predicted octanol–water partition coefficient (Wildman–Crippen LogP) is 3.06. The number of nitrogens with zero attached hydrogens (tertiary/aromatic N) is 4. The number of carbonyl (C=O) groups excluding carboxylic acids is 1. The van der Waals surface area contributed by atoms with Gasteiger partial charge in [0.2, 0.25) is 5.78 Å². The van der Waals surface area contributed by atoms with Crippen molar-refractivity contribution >= 4 is 34.4 Å². The van der Waals surface area contributed by atoms with Crippen molar-refractivity contribution in [3.05, 3.63) is 63.9 Å². The fourth-order valence-electron chi connectivity index (χ4n) is 3.74. The van der Waals surface area contributed by atoms with E-state index >= 15 is 0 Å². The van der Waals surface area contributed by atoms with Gasteiger partial charge in [-0.3, -0.25) is 14.0 Å². The van der Waals surface area contributed by atoms with E-state index in [1.54, 1.807) is 10.6 Å². The average Bonchev–Trinajstić information content (AvgIpc) is 3.30. The molecule has 0 aliphatic carbocycles. The van der Waals surface area contributed by atoms with Gasteiger partial charge in [-0.15, -0.1) is 10.2 Å². The number of ether oxygens (including phenoxy) is 1. The largest absolute Gasteiger partial charge is 0.465 e. The summed E-state index contributed by atoms with van der Waals surface area (Å²) in [6, 6.07) is 13.3. The molecule has 3 heterocycles. The Morgan fingerprint density at radius 1 is 1.10 bits per heavy atom. The number of aryl methyl sites for hydroxylation is 2. The number of rotatable bonds is 3. The number of thioether (sulfide) groups is 1. The SMILES string of the molecule is Cc1ccc(-n2c(=O)c3ccccc3n3c(S[C@H]4CCOC4=O)nnc23)c(C)c1. The molecule has 0 saturated carbocycles. The van der Waals surface area contributed by atoms with Crippen molar-refractivity contribution in [2.24, 2.45) is 0 Å². The lowest BCUT2D eigenvalue weighted by Gasteiger charge is -2.14. The van der Waals surface area contributed by atoms with Crippen LogP contribution < -0.4 is 5.56 Å².